The Morgan fingerprint density at radius 2 is 1.64 bits per heavy atom. The molecule has 6 N–H and O–H groups in total. The Kier molecular flexibility index (Phi) is 9.08. The van der Waals surface area contributed by atoms with Crippen molar-refractivity contribution >= 4 is 41.0 Å². The first-order valence-corrected chi connectivity index (χ1v) is 12.5. The van der Waals surface area contributed by atoms with Crippen LogP contribution in [0.4, 0.5) is 29.3 Å². The molecule has 1 saturated carbocycles. The molecule has 2 aromatic carbocycles. The number of alkyl halides is 3. The van der Waals surface area contributed by atoms with Crippen molar-refractivity contribution in [3.8, 4) is 0 Å². The predicted octanol–water partition coefficient (Wildman–Crippen LogP) is 3.99. The molecular formula is C24H28F3N5O3S. The molecule has 0 spiro atoms. The Hall–Kier alpha value is -3.41. The van der Waals surface area contributed by atoms with Gasteiger partial charge in [0, 0.05) is 22.3 Å². The van der Waals surface area contributed by atoms with Crippen LogP contribution in [0.15, 0.2) is 47.4 Å². The minimum Gasteiger partial charge on any atom is -0.398 e. The first-order valence-electron chi connectivity index (χ1n) is 11.3. The van der Waals surface area contributed by atoms with E-state index in [2.05, 4.69) is 21.3 Å². The molecule has 0 bridgehead atoms. The van der Waals surface area contributed by atoms with E-state index in [0.29, 0.717) is 24.6 Å². The molecular weight excluding hydrogens is 495 g/mol. The monoisotopic (exact) mass is 523 g/mol. The molecule has 1 aliphatic carbocycles. The minimum absolute atomic E-state index is 0.133. The number of benzene rings is 2. The van der Waals surface area contributed by atoms with E-state index >= 15 is 0 Å². The number of amides is 4. The van der Waals surface area contributed by atoms with Crippen molar-refractivity contribution < 1.29 is 27.6 Å². The number of thioether (sulfide) groups is 1. The smallest absolute Gasteiger partial charge is 0.398 e. The quantitative estimate of drug-likeness (QED) is 0.277. The van der Waals surface area contributed by atoms with Crippen molar-refractivity contribution in [2.75, 3.05) is 23.9 Å². The highest BCUT2D eigenvalue weighted by atomic mass is 32.2. The van der Waals surface area contributed by atoms with Crippen LogP contribution in [0.2, 0.25) is 0 Å². The summed E-state index contributed by atoms with van der Waals surface area (Å²) in [4.78, 5) is 38.4. The second-order valence-electron chi connectivity index (χ2n) is 8.37. The van der Waals surface area contributed by atoms with E-state index in [0.717, 1.165) is 29.9 Å². The average molecular weight is 524 g/mol. The fourth-order valence-corrected chi connectivity index (χ4v) is 4.34. The fraction of sp³-hybridized carbons (Fsp3) is 0.375. The average Bonchev–Trinajstić information content (AvgIpc) is 2.83. The van der Waals surface area contributed by atoms with Crippen LogP contribution >= 0.6 is 11.8 Å². The van der Waals surface area contributed by atoms with Crippen LogP contribution in [0, 0.1) is 0 Å². The van der Waals surface area contributed by atoms with Crippen molar-refractivity contribution in [3.05, 3.63) is 53.6 Å². The Bertz CT molecular complexity index is 1100. The van der Waals surface area contributed by atoms with Crippen molar-refractivity contribution in [1.29, 1.82) is 0 Å². The Morgan fingerprint density at radius 1 is 1.00 bits per heavy atom. The van der Waals surface area contributed by atoms with Gasteiger partial charge in [0.2, 0.25) is 5.91 Å². The number of halogens is 3. The first kappa shape index (κ1) is 27.2. The number of carbonyl (C=O) groups is 3. The Morgan fingerprint density at radius 3 is 2.25 bits per heavy atom. The molecule has 0 saturated heterocycles. The van der Waals surface area contributed by atoms with Gasteiger partial charge in [-0.05, 0) is 61.6 Å². The molecule has 3 rings (SSSR count). The van der Waals surface area contributed by atoms with Gasteiger partial charge < -0.3 is 27.0 Å². The second-order valence-corrected chi connectivity index (χ2v) is 9.25. The lowest BCUT2D eigenvalue weighted by molar-refractivity contribution is -0.137. The topological polar surface area (TPSA) is 125 Å². The number of hydrogen-bond donors (Lipinski definition) is 5. The zero-order valence-electron chi connectivity index (χ0n) is 19.6. The summed E-state index contributed by atoms with van der Waals surface area (Å²) in [5.41, 5.74) is 4.78. The molecule has 8 nitrogen and oxygen atoms in total. The van der Waals surface area contributed by atoms with E-state index in [1.807, 2.05) is 18.4 Å². The third-order valence-corrected chi connectivity index (χ3v) is 6.56. The maximum atomic E-state index is 12.9. The molecule has 194 valence electrons. The molecule has 1 aliphatic rings. The lowest BCUT2D eigenvalue weighted by Crippen LogP contribution is -2.55. The number of nitrogens with two attached hydrogens (primary N) is 1. The summed E-state index contributed by atoms with van der Waals surface area (Å²) in [6.45, 7) is -0.453. The van der Waals surface area contributed by atoms with Gasteiger partial charge in [0.1, 0.15) is 0 Å². The standard InChI is InChI=1S/C24H28F3N5O3S/c1-36-16-9-7-15(8-10-16)30-23(35)32-20-5-3-2-4-19(20)31-21(33)13-29-22(34)17-12-14(24(25,26)27)6-11-18(17)28/h6-12,19-20H,2-5,13,28H2,1H3,(H,29,34)(H,31,33)(H2,30,32,35)/t19-,20+/m1/s1. The third kappa shape index (κ3) is 7.54. The van der Waals surface area contributed by atoms with Gasteiger partial charge >= 0.3 is 12.2 Å². The zero-order chi connectivity index (χ0) is 26.3. The van der Waals surface area contributed by atoms with Crippen LogP contribution in [0.3, 0.4) is 0 Å². The molecule has 12 heteroatoms. The largest absolute Gasteiger partial charge is 0.416 e. The highest BCUT2D eigenvalue weighted by molar-refractivity contribution is 7.98. The summed E-state index contributed by atoms with van der Waals surface area (Å²) in [6, 6.07) is 8.74. The minimum atomic E-state index is -4.63. The molecule has 2 atom stereocenters. The summed E-state index contributed by atoms with van der Waals surface area (Å²) in [5.74, 6) is -1.42. The van der Waals surface area contributed by atoms with E-state index in [1.54, 1.807) is 23.9 Å². The molecule has 0 unspecified atom stereocenters. The van der Waals surface area contributed by atoms with Crippen molar-refractivity contribution in [3.63, 3.8) is 0 Å². The van der Waals surface area contributed by atoms with Crippen LogP contribution in [0.1, 0.15) is 41.6 Å². The van der Waals surface area contributed by atoms with Crippen LogP contribution in [-0.2, 0) is 11.0 Å². The van der Waals surface area contributed by atoms with Crippen LogP contribution < -0.4 is 27.0 Å². The highest BCUT2D eigenvalue weighted by Gasteiger charge is 2.32. The van der Waals surface area contributed by atoms with Gasteiger partial charge in [-0.3, -0.25) is 9.59 Å². The molecule has 2 aromatic rings. The van der Waals surface area contributed by atoms with Crippen molar-refractivity contribution in [2.24, 2.45) is 0 Å². The van der Waals surface area contributed by atoms with Crippen LogP contribution in [0.25, 0.3) is 0 Å². The number of nitrogens with one attached hydrogen (secondary N) is 4. The van der Waals surface area contributed by atoms with Crippen molar-refractivity contribution in [1.82, 2.24) is 16.0 Å². The van der Waals surface area contributed by atoms with Gasteiger partial charge in [0.15, 0.2) is 0 Å². The van der Waals surface area contributed by atoms with Crippen molar-refractivity contribution in [2.45, 2.75) is 48.8 Å². The predicted molar refractivity (Wildman–Crippen MR) is 133 cm³/mol. The Balaban J connectivity index is 1.53. The van der Waals surface area contributed by atoms with E-state index in [9.17, 15) is 27.6 Å². The fourth-order valence-electron chi connectivity index (χ4n) is 3.93. The Labute approximate surface area is 211 Å². The maximum Gasteiger partial charge on any atom is 0.416 e. The van der Waals surface area contributed by atoms with Crippen LogP contribution in [0.5, 0.6) is 0 Å². The number of nitrogen functional groups attached to an aromatic ring is 1. The van der Waals surface area contributed by atoms with E-state index < -0.39 is 36.1 Å². The molecule has 0 aromatic heterocycles. The number of anilines is 2. The number of carbonyl (C=O) groups excluding carboxylic acids is 3. The molecule has 1 fully saturated rings. The number of rotatable bonds is 7. The molecule has 4 amide bonds. The lowest BCUT2D eigenvalue weighted by atomic mass is 9.90. The normalized spacial score (nSPS) is 17.7. The van der Waals surface area contributed by atoms with E-state index in [4.69, 9.17) is 5.73 Å². The molecule has 0 heterocycles. The van der Waals surface area contributed by atoms with Gasteiger partial charge in [0.05, 0.1) is 23.7 Å². The molecule has 36 heavy (non-hydrogen) atoms. The van der Waals surface area contributed by atoms with Gasteiger partial charge in [-0.15, -0.1) is 11.8 Å². The number of hydrogen-bond acceptors (Lipinski definition) is 5. The zero-order valence-corrected chi connectivity index (χ0v) is 20.4. The van der Waals surface area contributed by atoms with Gasteiger partial charge in [0.25, 0.3) is 5.91 Å². The summed E-state index contributed by atoms with van der Waals surface area (Å²) in [7, 11) is 0. The summed E-state index contributed by atoms with van der Waals surface area (Å²) >= 11 is 1.59. The summed E-state index contributed by atoms with van der Waals surface area (Å²) < 4.78 is 38.8. The SMILES string of the molecule is CSc1ccc(NC(=O)N[C@H]2CCCC[C@H]2NC(=O)CNC(=O)c2cc(C(F)(F)F)ccc2N)cc1. The maximum absolute atomic E-state index is 12.9. The summed E-state index contributed by atoms with van der Waals surface area (Å²) in [5, 5.41) is 10.8. The first-order chi connectivity index (χ1) is 17.1. The number of urea groups is 1. The molecule has 0 aliphatic heterocycles. The van der Waals surface area contributed by atoms with Gasteiger partial charge in [-0.2, -0.15) is 13.2 Å². The van der Waals surface area contributed by atoms with Gasteiger partial charge in [-0.1, -0.05) is 12.8 Å². The summed E-state index contributed by atoms with van der Waals surface area (Å²) in [6.07, 6.45) is 0.357. The molecule has 0 radical (unpaired) electrons. The van der Waals surface area contributed by atoms with Gasteiger partial charge in [-0.25, -0.2) is 4.79 Å². The van der Waals surface area contributed by atoms with E-state index in [-0.39, 0.29) is 23.3 Å². The van der Waals surface area contributed by atoms with E-state index in [1.165, 1.54) is 0 Å². The van der Waals surface area contributed by atoms with Crippen LogP contribution in [-0.4, -0.2) is 42.7 Å². The lowest BCUT2D eigenvalue weighted by Gasteiger charge is -2.32. The third-order valence-electron chi connectivity index (χ3n) is 5.81. The highest BCUT2D eigenvalue weighted by Crippen LogP contribution is 2.31. The second kappa shape index (κ2) is 12.0.